The van der Waals surface area contributed by atoms with E-state index in [1.807, 2.05) is 31.7 Å². The van der Waals surface area contributed by atoms with E-state index in [9.17, 15) is 13.2 Å². The summed E-state index contributed by atoms with van der Waals surface area (Å²) >= 11 is 7.75. The average Bonchev–Trinajstić information content (AvgIpc) is 2.83. The maximum Gasteiger partial charge on any atom is 0.264 e. The SMILES string of the molecule is Cc1ccc(CSCCCNC(=O)CN(c2ccc(C)c(C)c2)S(=O)(=O)c2ccc(Cl)cc2)cc1. The number of sulfonamides is 1. The lowest BCUT2D eigenvalue weighted by molar-refractivity contribution is -0.119. The fraction of sp³-hybridized carbons (Fsp3) is 0.296. The number of anilines is 1. The van der Waals surface area contributed by atoms with Gasteiger partial charge >= 0.3 is 0 Å². The lowest BCUT2D eigenvalue weighted by Crippen LogP contribution is -2.41. The summed E-state index contributed by atoms with van der Waals surface area (Å²) in [4.78, 5) is 12.8. The van der Waals surface area contributed by atoms with Crippen LogP contribution in [0.1, 0.15) is 28.7 Å². The normalized spacial score (nSPS) is 11.3. The molecule has 5 nitrogen and oxygen atoms in total. The average molecular weight is 531 g/mol. The van der Waals surface area contributed by atoms with E-state index in [2.05, 4.69) is 36.5 Å². The molecule has 0 aliphatic rings. The molecular weight excluding hydrogens is 500 g/mol. The molecule has 0 bridgehead atoms. The second-order valence-corrected chi connectivity index (χ2v) is 11.9. The molecule has 0 heterocycles. The number of aryl methyl sites for hydroxylation is 3. The Morgan fingerprint density at radius 1 is 0.943 bits per heavy atom. The predicted octanol–water partition coefficient (Wildman–Crippen LogP) is 5.90. The van der Waals surface area contributed by atoms with Crippen molar-refractivity contribution in [3.8, 4) is 0 Å². The van der Waals surface area contributed by atoms with E-state index in [-0.39, 0.29) is 17.3 Å². The number of carbonyl (C=O) groups excluding carboxylic acids is 1. The predicted molar refractivity (Wildman–Crippen MR) is 147 cm³/mol. The molecule has 1 N–H and O–H groups in total. The van der Waals surface area contributed by atoms with Gasteiger partial charge in [0.2, 0.25) is 5.91 Å². The Balaban J connectivity index is 1.61. The van der Waals surface area contributed by atoms with Crippen molar-refractivity contribution in [2.75, 3.05) is 23.1 Å². The van der Waals surface area contributed by atoms with Crippen LogP contribution >= 0.6 is 23.4 Å². The largest absolute Gasteiger partial charge is 0.354 e. The molecule has 0 saturated carbocycles. The molecule has 0 aromatic heterocycles. The number of rotatable bonds is 11. The van der Waals surface area contributed by atoms with Crippen molar-refractivity contribution in [3.05, 3.63) is 94.0 Å². The molecule has 0 fully saturated rings. The number of hydrogen-bond donors (Lipinski definition) is 1. The third-order valence-corrected chi connectivity index (χ3v) is 8.80. The van der Waals surface area contributed by atoms with Crippen LogP contribution < -0.4 is 9.62 Å². The monoisotopic (exact) mass is 530 g/mol. The molecule has 0 radical (unpaired) electrons. The maximum absolute atomic E-state index is 13.4. The highest BCUT2D eigenvalue weighted by Crippen LogP contribution is 2.26. The van der Waals surface area contributed by atoms with Crippen LogP contribution in [0, 0.1) is 20.8 Å². The van der Waals surface area contributed by atoms with Crippen LogP contribution in [0.4, 0.5) is 5.69 Å². The summed E-state index contributed by atoms with van der Waals surface area (Å²) in [5, 5.41) is 3.31. The van der Waals surface area contributed by atoms with E-state index in [0.29, 0.717) is 17.3 Å². The maximum atomic E-state index is 13.4. The summed E-state index contributed by atoms with van der Waals surface area (Å²) in [7, 11) is -3.96. The Morgan fingerprint density at radius 3 is 2.29 bits per heavy atom. The molecule has 0 saturated heterocycles. The van der Waals surface area contributed by atoms with Crippen molar-refractivity contribution in [1.82, 2.24) is 5.32 Å². The van der Waals surface area contributed by atoms with Crippen molar-refractivity contribution in [2.45, 2.75) is 37.8 Å². The summed E-state index contributed by atoms with van der Waals surface area (Å²) in [5.74, 6) is 1.48. The van der Waals surface area contributed by atoms with Gasteiger partial charge in [-0.1, -0.05) is 47.5 Å². The van der Waals surface area contributed by atoms with E-state index in [0.717, 1.165) is 33.4 Å². The van der Waals surface area contributed by atoms with Gasteiger partial charge in [0.15, 0.2) is 0 Å². The van der Waals surface area contributed by atoms with Crippen molar-refractivity contribution >= 4 is 45.0 Å². The smallest absolute Gasteiger partial charge is 0.264 e. The number of halogens is 1. The second-order valence-electron chi connectivity index (χ2n) is 8.48. The van der Waals surface area contributed by atoms with Crippen molar-refractivity contribution in [1.29, 1.82) is 0 Å². The fourth-order valence-electron chi connectivity index (χ4n) is 3.39. The van der Waals surface area contributed by atoms with Gasteiger partial charge in [-0.3, -0.25) is 9.10 Å². The summed E-state index contributed by atoms with van der Waals surface area (Å²) < 4.78 is 28.0. The molecule has 3 aromatic carbocycles. The van der Waals surface area contributed by atoms with Gasteiger partial charge < -0.3 is 5.32 Å². The summed E-state index contributed by atoms with van der Waals surface area (Å²) in [5.41, 5.74) is 4.97. The van der Waals surface area contributed by atoms with Gasteiger partial charge in [-0.05, 0) is 86.0 Å². The zero-order valence-corrected chi connectivity index (χ0v) is 22.6. The van der Waals surface area contributed by atoms with Crippen molar-refractivity contribution < 1.29 is 13.2 Å². The first-order valence-electron chi connectivity index (χ1n) is 11.4. The Labute approximate surface area is 217 Å². The van der Waals surface area contributed by atoms with Gasteiger partial charge in [0.25, 0.3) is 10.0 Å². The van der Waals surface area contributed by atoms with Gasteiger partial charge in [0.1, 0.15) is 6.54 Å². The van der Waals surface area contributed by atoms with Crippen molar-refractivity contribution in [2.24, 2.45) is 0 Å². The highest BCUT2D eigenvalue weighted by Gasteiger charge is 2.27. The Morgan fingerprint density at radius 2 is 1.63 bits per heavy atom. The van der Waals surface area contributed by atoms with Crippen LogP contribution in [-0.2, 0) is 20.6 Å². The van der Waals surface area contributed by atoms with Gasteiger partial charge in [0, 0.05) is 17.3 Å². The van der Waals surface area contributed by atoms with Crippen LogP contribution in [0.2, 0.25) is 5.02 Å². The first-order chi connectivity index (χ1) is 16.7. The zero-order valence-electron chi connectivity index (χ0n) is 20.3. The van der Waals surface area contributed by atoms with Crippen LogP contribution in [-0.4, -0.2) is 33.2 Å². The van der Waals surface area contributed by atoms with Gasteiger partial charge in [-0.2, -0.15) is 11.8 Å². The first kappa shape index (κ1) is 27.1. The number of hydrogen-bond acceptors (Lipinski definition) is 4. The standard InChI is InChI=1S/C27H31ClN2O3S2/c1-20-5-8-23(9-6-20)19-34-16-4-15-29-27(31)18-30(25-12-7-21(2)22(3)17-25)35(32,33)26-13-10-24(28)11-14-26/h5-14,17H,4,15-16,18-19H2,1-3H3,(H,29,31). The van der Waals surface area contributed by atoms with Crippen LogP contribution in [0.15, 0.2) is 71.6 Å². The summed E-state index contributed by atoms with van der Waals surface area (Å²) in [6.07, 6.45) is 0.801. The quantitative estimate of drug-likeness (QED) is 0.313. The zero-order chi connectivity index (χ0) is 25.4. The number of amides is 1. The number of nitrogens with one attached hydrogen (secondary N) is 1. The van der Waals surface area contributed by atoms with Gasteiger partial charge in [-0.15, -0.1) is 0 Å². The molecule has 35 heavy (non-hydrogen) atoms. The van der Waals surface area contributed by atoms with Gasteiger partial charge in [-0.25, -0.2) is 8.42 Å². The molecule has 3 rings (SSSR count). The van der Waals surface area contributed by atoms with Crippen LogP contribution in [0.3, 0.4) is 0 Å². The Bertz CT molecular complexity index is 1240. The third kappa shape index (κ3) is 7.75. The lowest BCUT2D eigenvalue weighted by Gasteiger charge is -2.25. The molecule has 186 valence electrons. The highest BCUT2D eigenvalue weighted by molar-refractivity contribution is 7.98. The number of carbonyl (C=O) groups is 1. The molecule has 0 spiro atoms. The third-order valence-electron chi connectivity index (χ3n) is 5.64. The molecule has 0 atom stereocenters. The highest BCUT2D eigenvalue weighted by atomic mass is 35.5. The first-order valence-corrected chi connectivity index (χ1v) is 14.4. The topological polar surface area (TPSA) is 66.5 Å². The van der Waals surface area contributed by atoms with E-state index in [1.165, 1.54) is 35.4 Å². The summed E-state index contributed by atoms with van der Waals surface area (Å²) in [6.45, 7) is 6.13. The molecule has 3 aromatic rings. The van der Waals surface area contributed by atoms with E-state index < -0.39 is 10.0 Å². The minimum atomic E-state index is -3.96. The minimum absolute atomic E-state index is 0.0837. The Hall–Kier alpha value is -2.48. The minimum Gasteiger partial charge on any atom is -0.354 e. The number of nitrogens with zero attached hydrogens (tertiary/aromatic N) is 1. The molecule has 0 unspecified atom stereocenters. The van der Waals surface area contributed by atoms with E-state index in [1.54, 1.807) is 12.1 Å². The Kier molecular flexibility index (Phi) is 9.66. The molecular formula is C27H31ClN2O3S2. The van der Waals surface area contributed by atoms with E-state index >= 15 is 0 Å². The molecule has 8 heteroatoms. The van der Waals surface area contributed by atoms with Gasteiger partial charge in [0.05, 0.1) is 10.6 Å². The molecule has 1 amide bonds. The lowest BCUT2D eigenvalue weighted by atomic mass is 10.1. The summed E-state index contributed by atoms with van der Waals surface area (Å²) in [6, 6.07) is 19.8. The van der Waals surface area contributed by atoms with E-state index in [4.69, 9.17) is 11.6 Å². The molecule has 0 aliphatic carbocycles. The number of thioether (sulfide) groups is 1. The second kappa shape index (κ2) is 12.5. The van der Waals surface area contributed by atoms with Crippen LogP contribution in [0.5, 0.6) is 0 Å². The van der Waals surface area contributed by atoms with Crippen LogP contribution in [0.25, 0.3) is 0 Å². The fourth-order valence-corrected chi connectivity index (χ4v) is 5.85. The van der Waals surface area contributed by atoms with Crippen molar-refractivity contribution in [3.63, 3.8) is 0 Å². The number of benzene rings is 3. The molecule has 0 aliphatic heterocycles.